The number of benzene rings is 2. The van der Waals surface area contributed by atoms with E-state index in [0.717, 1.165) is 22.4 Å². The molecule has 2 aromatic carbocycles. The summed E-state index contributed by atoms with van der Waals surface area (Å²) in [5.74, 6) is -4.33. The number of esters is 2. The van der Waals surface area contributed by atoms with Crippen LogP contribution >= 0.6 is 0 Å². The maximum absolute atomic E-state index is 17.3. The molecule has 0 radical (unpaired) electrons. The van der Waals surface area contributed by atoms with Gasteiger partial charge in [-0.3, -0.25) is 33.9 Å². The van der Waals surface area contributed by atoms with Crippen LogP contribution in [0.4, 0.5) is 14.5 Å². The number of ether oxygens (including phenoxy) is 2. The quantitative estimate of drug-likeness (QED) is 0.199. The first kappa shape index (κ1) is 41.0. The Kier molecular flexibility index (Phi) is 11.2. The third kappa shape index (κ3) is 7.38. The normalized spacial score (nSPS) is 30.4. The van der Waals surface area contributed by atoms with Crippen LogP contribution in [-0.4, -0.2) is 83.0 Å². The number of fused-ring (bicyclic) bond motifs is 6. The number of nitrogens with one attached hydrogen (secondary N) is 1. The van der Waals surface area contributed by atoms with Crippen LogP contribution in [0.15, 0.2) is 84.7 Å². The number of aliphatic hydroxyl groups excluding tert-OH is 1. The summed E-state index contributed by atoms with van der Waals surface area (Å²) in [6, 6.07) is 14.0. The molecular formula is C45H49F2N3O8. The lowest BCUT2D eigenvalue weighted by Gasteiger charge is -2.62. The molecule has 1 amide bonds. The summed E-state index contributed by atoms with van der Waals surface area (Å²) in [6.07, 6.45) is 4.14. The number of carbonyl (C=O) groups excluding carboxylic acids is 5. The van der Waals surface area contributed by atoms with Crippen molar-refractivity contribution in [1.82, 2.24) is 9.88 Å². The van der Waals surface area contributed by atoms with Gasteiger partial charge in [0.15, 0.2) is 17.2 Å². The number of anilines is 1. The van der Waals surface area contributed by atoms with Gasteiger partial charge in [-0.25, -0.2) is 8.78 Å². The van der Waals surface area contributed by atoms with E-state index >= 15 is 8.78 Å². The van der Waals surface area contributed by atoms with E-state index in [1.165, 1.54) is 19.1 Å². The van der Waals surface area contributed by atoms with E-state index in [9.17, 15) is 29.1 Å². The lowest BCUT2D eigenvalue weighted by Crippen LogP contribution is -2.68. The summed E-state index contributed by atoms with van der Waals surface area (Å²) in [6.45, 7) is 2.77. The third-order valence-corrected chi connectivity index (χ3v) is 13.3. The van der Waals surface area contributed by atoms with Gasteiger partial charge >= 0.3 is 11.9 Å². The Morgan fingerprint density at radius 3 is 2.43 bits per heavy atom. The zero-order chi connectivity index (χ0) is 41.6. The molecule has 7 rings (SSSR count). The van der Waals surface area contributed by atoms with Gasteiger partial charge in [-0.05, 0) is 110 Å². The van der Waals surface area contributed by atoms with Crippen LogP contribution in [0.1, 0.15) is 69.5 Å². The van der Waals surface area contributed by atoms with Crippen molar-refractivity contribution in [3.63, 3.8) is 0 Å². The lowest BCUT2D eigenvalue weighted by atomic mass is 9.45. The number of allylic oxidation sites excluding steroid dienone is 4. The fourth-order valence-electron chi connectivity index (χ4n) is 10.3. The molecule has 3 saturated carbocycles. The highest BCUT2D eigenvalue weighted by Crippen LogP contribution is 2.69. The van der Waals surface area contributed by atoms with E-state index in [2.05, 4.69) is 10.3 Å². The molecule has 0 aliphatic heterocycles. The number of aliphatic hydroxyl groups is 1. The maximum Gasteiger partial charge on any atom is 0.306 e. The highest BCUT2D eigenvalue weighted by atomic mass is 19.1. The van der Waals surface area contributed by atoms with Gasteiger partial charge in [0.25, 0.3) is 0 Å². The van der Waals surface area contributed by atoms with Crippen LogP contribution in [0.2, 0.25) is 0 Å². The molecule has 0 saturated heterocycles. The van der Waals surface area contributed by atoms with E-state index in [1.54, 1.807) is 41.6 Å². The Bertz CT molecular complexity index is 2190. The molecule has 1 aromatic heterocycles. The first-order valence-corrected chi connectivity index (χ1v) is 19.8. The van der Waals surface area contributed by atoms with Crippen LogP contribution < -0.4 is 5.32 Å². The number of ketones is 2. The SMILES string of the molecule is CN(C)C(C(=O)Nc1ccc2cnccc2c1)c1ccc(COC(=O)CCC(=O)OCC(=O)[C@H]2CCC3[C@@H]4C[C@H](F)C5=CC(=O)C=C[C@]5(C)[C@@]4(F)[C@@H](O)C[C@@]32C)cc1. The van der Waals surface area contributed by atoms with Crippen molar-refractivity contribution in [2.45, 2.75) is 83.0 Å². The molecule has 9 atom stereocenters. The Morgan fingerprint density at radius 2 is 1.71 bits per heavy atom. The predicted molar refractivity (Wildman–Crippen MR) is 210 cm³/mol. The fourth-order valence-corrected chi connectivity index (χ4v) is 10.3. The number of Topliss-reactive ketones (excluding diaryl/α,β-unsaturated/α-hetero) is 1. The molecule has 13 heteroatoms. The number of hydrogen-bond donors (Lipinski definition) is 2. The molecule has 1 heterocycles. The largest absolute Gasteiger partial charge is 0.461 e. The minimum Gasteiger partial charge on any atom is -0.461 e. The van der Waals surface area contributed by atoms with Gasteiger partial charge < -0.3 is 19.9 Å². The maximum atomic E-state index is 17.3. The van der Waals surface area contributed by atoms with Crippen LogP contribution in [0.5, 0.6) is 0 Å². The molecule has 4 aliphatic carbocycles. The average molecular weight is 798 g/mol. The Hall–Kier alpha value is -5.14. The van der Waals surface area contributed by atoms with Crippen molar-refractivity contribution in [3.8, 4) is 0 Å². The number of aromatic nitrogens is 1. The standard InChI is InChI=1S/C45H49F2N3O8/c1-43-22-38(53)45(47)34(21-36(46)35-20-31(51)15-17-44(35,45)2)32(43)11-12-33(43)37(52)25-58-40(55)14-13-39(54)57-24-26-5-7-27(8-6-26)41(50(3)4)42(56)49-30-10-9-29-23-48-18-16-28(29)19-30/h5-10,15-20,23,32-34,36,38,41,53H,11-14,21-22,24-25H2,1-4H3,(H,49,56)/t32?,33-,34+,36+,38+,41?,43+,44+,45+/m1/s1. The van der Waals surface area contributed by atoms with Crippen molar-refractivity contribution in [3.05, 3.63) is 95.9 Å². The minimum absolute atomic E-state index is 0.0404. The van der Waals surface area contributed by atoms with Crippen molar-refractivity contribution < 1.29 is 47.3 Å². The van der Waals surface area contributed by atoms with Crippen molar-refractivity contribution in [2.24, 2.45) is 28.6 Å². The monoisotopic (exact) mass is 797 g/mol. The molecule has 11 nitrogen and oxygen atoms in total. The second-order valence-corrected chi connectivity index (χ2v) is 16.9. The number of nitrogens with zero attached hydrogens (tertiary/aromatic N) is 2. The number of amides is 1. The Morgan fingerprint density at radius 1 is 0.983 bits per heavy atom. The summed E-state index contributed by atoms with van der Waals surface area (Å²) in [7, 11) is 3.62. The van der Waals surface area contributed by atoms with Crippen molar-refractivity contribution in [1.29, 1.82) is 0 Å². The molecule has 3 fully saturated rings. The number of alkyl halides is 2. The van der Waals surface area contributed by atoms with Gasteiger partial charge in [-0.1, -0.05) is 43.3 Å². The zero-order valence-electron chi connectivity index (χ0n) is 33.1. The fraction of sp³-hybridized carbons (Fsp3) is 0.467. The van der Waals surface area contributed by atoms with Gasteiger partial charge in [0.1, 0.15) is 25.4 Å². The van der Waals surface area contributed by atoms with E-state index in [0.29, 0.717) is 24.1 Å². The van der Waals surface area contributed by atoms with Gasteiger partial charge in [-0.15, -0.1) is 0 Å². The molecule has 2 N–H and O–H groups in total. The number of pyridine rings is 1. The highest BCUT2D eigenvalue weighted by Gasteiger charge is 2.72. The van der Waals surface area contributed by atoms with Gasteiger partial charge in [0.05, 0.1) is 18.9 Å². The molecule has 0 spiro atoms. The number of rotatable bonds is 12. The summed E-state index contributed by atoms with van der Waals surface area (Å²) >= 11 is 0. The smallest absolute Gasteiger partial charge is 0.306 e. The second kappa shape index (κ2) is 15.9. The summed E-state index contributed by atoms with van der Waals surface area (Å²) < 4.78 is 43.5. The molecule has 0 bridgehead atoms. The molecule has 3 aromatic rings. The Labute approximate surface area is 335 Å². The second-order valence-electron chi connectivity index (χ2n) is 16.9. The number of likely N-dealkylation sites (N-methyl/N-ethyl adjacent to an activating group) is 1. The van der Waals surface area contributed by atoms with Crippen molar-refractivity contribution >= 4 is 45.9 Å². The molecular weight excluding hydrogens is 749 g/mol. The zero-order valence-corrected chi connectivity index (χ0v) is 33.1. The third-order valence-electron chi connectivity index (χ3n) is 13.3. The van der Waals surface area contributed by atoms with Crippen LogP contribution in [0.25, 0.3) is 10.8 Å². The summed E-state index contributed by atoms with van der Waals surface area (Å²) in [5.41, 5.74) is -2.46. The first-order valence-electron chi connectivity index (χ1n) is 19.8. The highest BCUT2D eigenvalue weighted by molar-refractivity contribution is 6.01. The molecule has 58 heavy (non-hydrogen) atoms. The van der Waals surface area contributed by atoms with Gasteiger partial charge in [-0.2, -0.15) is 0 Å². The molecule has 306 valence electrons. The summed E-state index contributed by atoms with van der Waals surface area (Å²) in [4.78, 5) is 70.0. The van der Waals surface area contributed by atoms with E-state index in [-0.39, 0.29) is 49.6 Å². The van der Waals surface area contributed by atoms with Crippen LogP contribution in [-0.2, 0) is 40.1 Å². The van der Waals surface area contributed by atoms with E-state index in [1.807, 2.05) is 45.3 Å². The number of halogens is 2. The van der Waals surface area contributed by atoms with Crippen molar-refractivity contribution in [2.75, 3.05) is 26.0 Å². The average Bonchev–Trinajstić information content (AvgIpc) is 3.53. The lowest BCUT2D eigenvalue weighted by molar-refractivity contribution is -0.202. The summed E-state index contributed by atoms with van der Waals surface area (Å²) in [5, 5.41) is 16.3. The molecule has 2 unspecified atom stereocenters. The van der Waals surface area contributed by atoms with Gasteiger partial charge in [0, 0.05) is 40.7 Å². The number of carbonyl (C=O) groups is 5. The van der Waals surface area contributed by atoms with Crippen LogP contribution in [0, 0.1) is 28.6 Å². The van der Waals surface area contributed by atoms with Gasteiger partial charge in [0.2, 0.25) is 5.91 Å². The minimum atomic E-state index is -2.23. The topological polar surface area (TPSA) is 152 Å². The van der Waals surface area contributed by atoms with Crippen LogP contribution in [0.3, 0.4) is 0 Å². The number of hydrogen-bond acceptors (Lipinski definition) is 10. The Balaban J connectivity index is 0.875. The van der Waals surface area contributed by atoms with E-state index < -0.39 is 76.9 Å². The van der Waals surface area contributed by atoms with E-state index in [4.69, 9.17) is 9.47 Å². The first-order chi connectivity index (χ1) is 27.5. The predicted octanol–water partition coefficient (Wildman–Crippen LogP) is 6.35. The molecule has 4 aliphatic rings.